The lowest BCUT2D eigenvalue weighted by atomic mass is 10.2. The maximum absolute atomic E-state index is 11.5. The van der Waals surface area contributed by atoms with Gasteiger partial charge < -0.3 is 9.84 Å². The zero-order valence-electron chi connectivity index (χ0n) is 10.2. The van der Waals surface area contributed by atoms with Crippen LogP contribution in [0.4, 0.5) is 0 Å². The number of thioether (sulfide) groups is 1. The third-order valence-corrected chi connectivity index (χ3v) is 4.06. The summed E-state index contributed by atoms with van der Waals surface area (Å²) < 4.78 is 29.5. The highest BCUT2D eigenvalue weighted by Crippen LogP contribution is 2.03. The minimum atomic E-state index is -3.80. The van der Waals surface area contributed by atoms with Gasteiger partial charge in [0, 0.05) is 0 Å². The molecule has 0 heterocycles. The van der Waals surface area contributed by atoms with E-state index >= 15 is 0 Å². The molecule has 0 bridgehead atoms. The number of aliphatic carboxylic acids is 1. The van der Waals surface area contributed by atoms with Crippen LogP contribution in [-0.2, 0) is 24.3 Å². The molecule has 0 saturated heterocycles. The second kappa shape index (κ2) is 8.33. The SMILES string of the molecule is COC(=O)CCS(=O)(=O)N[C@@H](CCSC)C(=O)O. The molecule has 0 fully saturated rings. The van der Waals surface area contributed by atoms with Gasteiger partial charge in [-0.15, -0.1) is 0 Å². The van der Waals surface area contributed by atoms with Gasteiger partial charge in [0.2, 0.25) is 10.0 Å². The lowest BCUT2D eigenvalue weighted by Crippen LogP contribution is -2.42. The summed E-state index contributed by atoms with van der Waals surface area (Å²) in [5, 5.41) is 8.86. The molecule has 0 radical (unpaired) electrons. The van der Waals surface area contributed by atoms with E-state index in [1.54, 1.807) is 6.26 Å². The Morgan fingerprint density at radius 1 is 1.44 bits per heavy atom. The average Bonchev–Trinajstić information content (AvgIpc) is 2.31. The van der Waals surface area contributed by atoms with E-state index in [1.165, 1.54) is 11.8 Å². The van der Waals surface area contributed by atoms with Crippen molar-refractivity contribution in [2.75, 3.05) is 24.9 Å². The number of hydrogen-bond donors (Lipinski definition) is 2. The molecule has 9 heteroatoms. The molecule has 0 aliphatic heterocycles. The summed E-state index contributed by atoms with van der Waals surface area (Å²) in [5.74, 6) is -1.85. The smallest absolute Gasteiger partial charge is 0.321 e. The molecular weight excluding hydrogens is 282 g/mol. The third-order valence-electron chi connectivity index (χ3n) is 2.03. The van der Waals surface area contributed by atoms with Crippen LogP contribution in [0, 0.1) is 0 Å². The Balaban J connectivity index is 4.41. The first-order valence-electron chi connectivity index (χ1n) is 5.11. The Hall–Kier alpha value is -0.800. The first-order valence-corrected chi connectivity index (χ1v) is 8.15. The van der Waals surface area contributed by atoms with Gasteiger partial charge in [-0.05, 0) is 18.4 Å². The monoisotopic (exact) mass is 299 g/mol. The van der Waals surface area contributed by atoms with E-state index < -0.39 is 33.8 Å². The fourth-order valence-electron chi connectivity index (χ4n) is 1.06. The van der Waals surface area contributed by atoms with Crippen molar-refractivity contribution in [1.29, 1.82) is 0 Å². The number of carbonyl (C=O) groups is 2. The second-order valence-electron chi connectivity index (χ2n) is 3.44. The number of esters is 1. The Bertz CT molecular complexity index is 381. The molecule has 0 saturated carbocycles. The summed E-state index contributed by atoms with van der Waals surface area (Å²) in [6, 6.07) is -1.17. The molecule has 0 spiro atoms. The van der Waals surface area contributed by atoms with Crippen molar-refractivity contribution in [2.45, 2.75) is 18.9 Å². The standard InChI is InChI=1S/C9H17NO6S2/c1-16-8(11)4-6-18(14,15)10-7(9(12)13)3-5-17-2/h7,10H,3-6H2,1-2H3,(H,12,13)/t7-/m0/s1. The molecule has 0 rings (SSSR count). The van der Waals surface area contributed by atoms with Gasteiger partial charge in [0.15, 0.2) is 0 Å². The molecule has 18 heavy (non-hydrogen) atoms. The van der Waals surface area contributed by atoms with Gasteiger partial charge in [0.1, 0.15) is 6.04 Å². The van der Waals surface area contributed by atoms with Gasteiger partial charge in [0.25, 0.3) is 0 Å². The summed E-state index contributed by atoms with van der Waals surface area (Å²) >= 11 is 1.42. The van der Waals surface area contributed by atoms with Gasteiger partial charge in [-0.25, -0.2) is 13.1 Å². The van der Waals surface area contributed by atoms with E-state index in [0.717, 1.165) is 7.11 Å². The largest absolute Gasteiger partial charge is 0.480 e. The molecule has 7 nitrogen and oxygen atoms in total. The second-order valence-corrected chi connectivity index (χ2v) is 6.29. The third kappa shape index (κ3) is 7.51. The maximum Gasteiger partial charge on any atom is 0.321 e. The molecule has 0 aliphatic carbocycles. The lowest BCUT2D eigenvalue weighted by molar-refractivity contribution is -0.140. The van der Waals surface area contributed by atoms with Gasteiger partial charge >= 0.3 is 11.9 Å². The highest BCUT2D eigenvalue weighted by molar-refractivity contribution is 7.98. The van der Waals surface area contributed by atoms with Gasteiger partial charge in [0.05, 0.1) is 19.3 Å². The van der Waals surface area contributed by atoms with Crippen LogP contribution in [0.25, 0.3) is 0 Å². The van der Waals surface area contributed by atoms with E-state index in [4.69, 9.17) is 5.11 Å². The number of methoxy groups -OCH3 is 1. The topological polar surface area (TPSA) is 110 Å². The first kappa shape index (κ1) is 17.2. The van der Waals surface area contributed by atoms with Crippen molar-refractivity contribution in [3.63, 3.8) is 0 Å². The Labute approximate surface area is 110 Å². The lowest BCUT2D eigenvalue weighted by Gasteiger charge is -2.13. The van der Waals surface area contributed by atoms with Gasteiger partial charge in [-0.2, -0.15) is 11.8 Å². The van der Waals surface area contributed by atoms with Crippen molar-refractivity contribution >= 4 is 33.7 Å². The summed E-state index contributed by atoms with van der Waals surface area (Å²) in [6.45, 7) is 0. The van der Waals surface area contributed by atoms with Crippen LogP contribution in [0.1, 0.15) is 12.8 Å². The molecule has 0 aromatic heterocycles. The van der Waals surface area contributed by atoms with Gasteiger partial charge in [-0.1, -0.05) is 0 Å². The first-order chi connectivity index (χ1) is 8.32. The molecule has 1 atom stereocenters. The molecule has 0 amide bonds. The Morgan fingerprint density at radius 2 is 2.06 bits per heavy atom. The fourth-order valence-corrected chi connectivity index (χ4v) is 2.74. The quantitative estimate of drug-likeness (QED) is 0.561. The fraction of sp³-hybridized carbons (Fsp3) is 0.778. The van der Waals surface area contributed by atoms with Crippen LogP contribution in [0.2, 0.25) is 0 Å². The van der Waals surface area contributed by atoms with Crippen molar-refractivity contribution in [1.82, 2.24) is 4.72 Å². The molecular formula is C9H17NO6S2. The number of carboxylic acids is 1. The molecule has 2 N–H and O–H groups in total. The number of nitrogens with one attached hydrogen (secondary N) is 1. The number of carbonyl (C=O) groups excluding carboxylic acids is 1. The van der Waals surface area contributed by atoms with Crippen LogP contribution in [0.5, 0.6) is 0 Å². The number of ether oxygens (including phenoxy) is 1. The predicted molar refractivity (Wildman–Crippen MR) is 68.0 cm³/mol. The van der Waals surface area contributed by atoms with Crippen LogP contribution in [0.15, 0.2) is 0 Å². The normalized spacial score (nSPS) is 13.0. The summed E-state index contributed by atoms with van der Waals surface area (Å²) in [7, 11) is -2.65. The number of sulfonamides is 1. The highest BCUT2D eigenvalue weighted by atomic mass is 32.2. The van der Waals surface area contributed by atoms with Crippen molar-refractivity contribution in [2.24, 2.45) is 0 Å². The minimum absolute atomic E-state index is 0.188. The van der Waals surface area contributed by atoms with Crippen molar-refractivity contribution in [3.8, 4) is 0 Å². The number of carboxylic acid groups (broad SMARTS) is 1. The van der Waals surface area contributed by atoms with E-state index in [2.05, 4.69) is 9.46 Å². The van der Waals surface area contributed by atoms with E-state index in [-0.39, 0.29) is 12.8 Å². The highest BCUT2D eigenvalue weighted by Gasteiger charge is 2.24. The van der Waals surface area contributed by atoms with E-state index in [9.17, 15) is 18.0 Å². The van der Waals surface area contributed by atoms with E-state index in [1.807, 2.05) is 0 Å². The molecule has 0 aromatic carbocycles. The number of rotatable bonds is 9. The van der Waals surface area contributed by atoms with Crippen LogP contribution in [-0.4, -0.2) is 56.4 Å². The molecule has 0 aromatic rings. The van der Waals surface area contributed by atoms with E-state index in [0.29, 0.717) is 5.75 Å². The molecule has 0 unspecified atom stereocenters. The Morgan fingerprint density at radius 3 is 2.50 bits per heavy atom. The van der Waals surface area contributed by atoms with Crippen LogP contribution >= 0.6 is 11.8 Å². The predicted octanol–water partition coefficient (Wildman–Crippen LogP) is -0.325. The summed E-state index contributed by atoms with van der Waals surface area (Å²) in [5.41, 5.74) is 0. The van der Waals surface area contributed by atoms with Crippen LogP contribution < -0.4 is 4.72 Å². The van der Waals surface area contributed by atoms with Crippen molar-refractivity contribution < 1.29 is 27.9 Å². The average molecular weight is 299 g/mol. The molecule has 106 valence electrons. The van der Waals surface area contributed by atoms with Gasteiger partial charge in [-0.3, -0.25) is 9.59 Å². The molecule has 0 aliphatic rings. The summed E-state index contributed by atoms with van der Waals surface area (Å²) in [6.07, 6.45) is 1.68. The van der Waals surface area contributed by atoms with Crippen molar-refractivity contribution in [3.05, 3.63) is 0 Å². The Kier molecular flexibility index (Phi) is 7.96. The zero-order chi connectivity index (χ0) is 14.2. The summed E-state index contributed by atoms with van der Waals surface area (Å²) in [4.78, 5) is 21.7. The minimum Gasteiger partial charge on any atom is -0.480 e. The van der Waals surface area contributed by atoms with Crippen LogP contribution in [0.3, 0.4) is 0 Å². The zero-order valence-corrected chi connectivity index (χ0v) is 11.8. The number of hydrogen-bond acceptors (Lipinski definition) is 6. The maximum atomic E-state index is 11.5.